The van der Waals surface area contributed by atoms with Crippen molar-refractivity contribution in [3.8, 4) is 0 Å². The van der Waals surface area contributed by atoms with Crippen LogP contribution in [0.1, 0.15) is 10.5 Å². The third-order valence-electron chi connectivity index (χ3n) is 1.88. The minimum Gasteiger partial charge on any atom is -0.477 e. The summed E-state index contributed by atoms with van der Waals surface area (Å²) in [6.07, 6.45) is 0. The van der Waals surface area contributed by atoms with Crippen LogP contribution in [0.2, 0.25) is 0 Å². The van der Waals surface area contributed by atoms with Crippen LogP contribution in [0.25, 0.3) is 0 Å². The Kier molecular flexibility index (Phi) is 3.28. The van der Waals surface area contributed by atoms with Gasteiger partial charge >= 0.3 is 5.97 Å². The number of hydrogen-bond donors (Lipinski definition) is 3. The molecule has 0 aliphatic carbocycles. The summed E-state index contributed by atoms with van der Waals surface area (Å²) < 4.78 is 0. The molecule has 0 saturated heterocycles. The van der Waals surface area contributed by atoms with Gasteiger partial charge in [-0.2, -0.15) is 0 Å². The molecule has 0 aliphatic rings. The van der Waals surface area contributed by atoms with E-state index in [1.54, 1.807) is 12.1 Å². The number of nitrogens with zero attached hydrogens (tertiary/aromatic N) is 2. The Bertz CT molecular complexity index is 656. The SMILES string of the molecule is Nc1cc(=O)[nH]c(Sc2cccc(C(=O)O)n2)n1. The van der Waals surface area contributed by atoms with Crippen LogP contribution in [0, 0.1) is 0 Å². The normalized spacial score (nSPS) is 10.2. The number of aromatic amines is 1. The molecule has 0 amide bonds. The van der Waals surface area contributed by atoms with Crippen molar-refractivity contribution in [3.05, 3.63) is 40.3 Å². The average molecular weight is 264 g/mol. The fraction of sp³-hybridized carbons (Fsp3) is 0. The van der Waals surface area contributed by atoms with Gasteiger partial charge in [0.1, 0.15) is 16.5 Å². The zero-order valence-corrected chi connectivity index (χ0v) is 9.77. The number of nitrogens with two attached hydrogens (primary N) is 1. The third kappa shape index (κ3) is 2.86. The summed E-state index contributed by atoms with van der Waals surface area (Å²) in [7, 11) is 0. The molecular weight excluding hydrogens is 256 g/mol. The molecule has 7 nitrogen and oxygen atoms in total. The Labute approximate surface area is 105 Å². The summed E-state index contributed by atoms with van der Waals surface area (Å²) in [6, 6.07) is 5.70. The van der Waals surface area contributed by atoms with Crippen molar-refractivity contribution in [2.75, 3.05) is 5.73 Å². The second kappa shape index (κ2) is 4.88. The molecule has 0 spiro atoms. The molecule has 2 heterocycles. The lowest BCUT2D eigenvalue weighted by Gasteiger charge is -2.01. The van der Waals surface area contributed by atoms with Gasteiger partial charge in [0.05, 0.1) is 0 Å². The molecule has 0 fully saturated rings. The van der Waals surface area contributed by atoms with Gasteiger partial charge in [-0.25, -0.2) is 14.8 Å². The van der Waals surface area contributed by atoms with Gasteiger partial charge in [0.25, 0.3) is 5.56 Å². The molecular formula is C10H8N4O3S. The van der Waals surface area contributed by atoms with Gasteiger partial charge in [0.2, 0.25) is 0 Å². The summed E-state index contributed by atoms with van der Waals surface area (Å²) in [5.74, 6) is -1.03. The summed E-state index contributed by atoms with van der Waals surface area (Å²) in [4.78, 5) is 32.2. The highest BCUT2D eigenvalue weighted by molar-refractivity contribution is 7.99. The van der Waals surface area contributed by atoms with Crippen LogP contribution in [0.15, 0.2) is 39.2 Å². The molecule has 0 aromatic carbocycles. The van der Waals surface area contributed by atoms with E-state index in [1.165, 1.54) is 6.07 Å². The first kappa shape index (κ1) is 12.1. The molecule has 4 N–H and O–H groups in total. The molecule has 92 valence electrons. The van der Waals surface area contributed by atoms with E-state index in [4.69, 9.17) is 10.8 Å². The number of carboxylic acid groups (broad SMARTS) is 1. The van der Waals surface area contributed by atoms with E-state index in [2.05, 4.69) is 15.0 Å². The number of hydrogen-bond acceptors (Lipinski definition) is 6. The van der Waals surface area contributed by atoms with E-state index in [0.717, 1.165) is 17.8 Å². The van der Waals surface area contributed by atoms with Crippen LogP contribution in [0.3, 0.4) is 0 Å². The number of pyridine rings is 1. The van der Waals surface area contributed by atoms with Crippen molar-refractivity contribution >= 4 is 23.5 Å². The average Bonchev–Trinajstić information content (AvgIpc) is 2.27. The fourth-order valence-electron chi connectivity index (χ4n) is 1.19. The van der Waals surface area contributed by atoms with Crippen LogP contribution >= 0.6 is 11.8 Å². The predicted octanol–water partition coefficient (Wildman–Crippen LogP) is 0.596. The lowest BCUT2D eigenvalue weighted by Crippen LogP contribution is -2.09. The Balaban J connectivity index is 2.31. The van der Waals surface area contributed by atoms with Gasteiger partial charge in [0.15, 0.2) is 5.16 Å². The monoisotopic (exact) mass is 264 g/mol. The van der Waals surface area contributed by atoms with Gasteiger partial charge in [-0.15, -0.1) is 0 Å². The minimum absolute atomic E-state index is 0.0775. The first-order valence-corrected chi connectivity index (χ1v) is 5.61. The number of nitrogen functional groups attached to an aromatic ring is 1. The maximum atomic E-state index is 11.2. The molecule has 8 heteroatoms. The van der Waals surface area contributed by atoms with Crippen LogP contribution in [0.4, 0.5) is 5.82 Å². The molecule has 2 rings (SSSR count). The summed E-state index contributed by atoms with van der Waals surface area (Å²) in [5, 5.41) is 9.46. The highest BCUT2D eigenvalue weighted by Gasteiger charge is 2.07. The summed E-state index contributed by atoms with van der Waals surface area (Å²) >= 11 is 1.03. The quantitative estimate of drug-likeness (QED) is 0.693. The minimum atomic E-state index is -1.12. The van der Waals surface area contributed by atoms with Crippen molar-refractivity contribution in [1.82, 2.24) is 15.0 Å². The zero-order chi connectivity index (χ0) is 13.1. The Morgan fingerprint density at radius 3 is 2.83 bits per heavy atom. The first-order chi connectivity index (χ1) is 8.54. The maximum Gasteiger partial charge on any atom is 0.354 e. The predicted molar refractivity (Wildman–Crippen MR) is 64.6 cm³/mol. The molecule has 0 atom stereocenters. The second-order valence-electron chi connectivity index (χ2n) is 3.24. The first-order valence-electron chi connectivity index (χ1n) is 4.79. The summed E-state index contributed by atoms with van der Waals surface area (Å²) in [5.41, 5.74) is 4.98. The van der Waals surface area contributed by atoms with E-state index in [9.17, 15) is 9.59 Å². The largest absolute Gasteiger partial charge is 0.477 e. The van der Waals surface area contributed by atoms with Crippen molar-refractivity contribution in [2.45, 2.75) is 10.2 Å². The maximum absolute atomic E-state index is 11.2. The highest BCUT2D eigenvalue weighted by Crippen LogP contribution is 2.22. The van der Waals surface area contributed by atoms with Crippen LogP contribution in [0.5, 0.6) is 0 Å². The number of carboxylic acids is 1. The number of H-pyrrole nitrogens is 1. The Morgan fingerprint density at radius 1 is 1.39 bits per heavy atom. The molecule has 0 unspecified atom stereocenters. The van der Waals surface area contributed by atoms with Crippen LogP contribution in [-0.4, -0.2) is 26.0 Å². The van der Waals surface area contributed by atoms with E-state index in [0.29, 0.717) is 5.03 Å². The zero-order valence-electron chi connectivity index (χ0n) is 8.95. The van der Waals surface area contributed by atoms with E-state index in [1.807, 2.05) is 0 Å². The molecule has 0 aliphatic heterocycles. The van der Waals surface area contributed by atoms with Gasteiger partial charge in [-0.1, -0.05) is 6.07 Å². The lowest BCUT2D eigenvalue weighted by molar-refractivity contribution is 0.0689. The molecule has 18 heavy (non-hydrogen) atoms. The molecule has 0 radical (unpaired) electrons. The fourth-order valence-corrected chi connectivity index (χ4v) is 1.98. The van der Waals surface area contributed by atoms with E-state index in [-0.39, 0.29) is 22.2 Å². The second-order valence-corrected chi connectivity index (χ2v) is 4.25. The van der Waals surface area contributed by atoms with E-state index >= 15 is 0 Å². The van der Waals surface area contributed by atoms with Crippen LogP contribution in [-0.2, 0) is 0 Å². The number of rotatable bonds is 3. The number of aromatic nitrogens is 3. The number of aromatic carboxylic acids is 1. The molecule has 0 saturated carbocycles. The molecule has 2 aromatic rings. The van der Waals surface area contributed by atoms with Gasteiger partial charge in [-0.05, 0) is 23.9 Å². The van der Waals surface area contributed by atoms with Crippen molar-refractivity contribution in [1.29, 1.82) is 0 Å². The topological polar surface area (TPSA) is 122 Å². The standard InChI is InChI=1S/C10H8N4O3S/c11-6-4-7(15)14-10(13-6)18-8-3-1-2-5(12-8)9(16)17/h1-4H,(H,16,17)(H3,11,13,14,15). The molecule has 0 bridgehead atoms. The lowest BCUT2D eigenvalue weighted by atomic mass is 10.4. The smallest absolute Gasteiger partial charge is 0.354 e. The van der Waals surface area contributed by atoms with E-state index < -0.39 is 5.97 Å². The van der Waals surface area contributed by atoms with Crippen LogP contribution < -0.4 is 11.3 Å². The Morgan fingerprint density at radius 2 is 2.17 bits per heavy atom. The molecule has 2 aromatic heterocycles. The van der Waals surface area contributed by atoms with Gasteiger partial charge in [-0.3, -0.25) is 4.79 Å². The third-order valence-corrected chi connectivity index (χ3v) is 2.71. The van der Waals surface area contributed by atoms with Gasteiger partial charge < -0.3 is 15.8 Å². The van der Waals surface area contributed by atoms with Crippen molar-refractivity contribution in [3.63, 3.8) is 0 Å². The summed E-state index contributed by atoms with van der Waals surface area (Å²) in [6.45, 7) is 0. The number of nitrogens with one attached hydrogen (secondary N) is 1. The Hall–Kier alpha value is -2.35. The number of carbonyl (C=O) groups is 1. The van der Waals surface area contributed by atoms with Crippen molar-refractivity contribution in [2.24, 2.45) is 0 Å². The highest BCUT2D eigenvalue weighted by atomic mass is 32.2. The number of anilines is 1. The van der Waals surface area contributed by atoms with Gasteiger partial charge in [0, 0.05) is 6.07 Å². The van der Waals surface area contributed by atoms with Crippen molar-refractivity contribution < 1.29 is 9.90 Å².